The van der Waals surface area contributed by atoms with Crippen molar-refractivity contribution in [3.8, 4) is 5.75 Å². The van der Waals surface area contributed by atoms with Gasteiger partial charge in [0.05, 0.1) is 5.56 Å². The smallest absolute Gasteiger partial charge is 0.416 e. The molecule has 0 aromatic heterocycles. The lowest BCUT2D eigenvalue weighted by molar-refractivity contribution is -0.137. The third kappa shape index (κ3) is 2.47. The van der Waals surface area contributed by atoms with Crippen LogP contribution in [0.4, 0.5) is 13.2 Å². The quantitative estimate of drug-likeness (QED) is 0.563. The van der Waals surface area contributed by atoms with Gasteiger partial charge in [0.15, 0.2) is 6.40 Å². The van der Waals surface area contributed by atoms with Crippen molar-refractivity contribution < 1.29 is 17.9 Å². The number of hydrogen-bond acceptors (Lipinski definition) is 2. The van der Waals surface area contributed by atoms with Gasteiger partial charge in [0, 0.05) is 0 Å². The Hall–Kier alpha value is -1.52. The van der Waals surface area contributed by atoms with Crippen LogP contribution in [0.3, 0.4) is 0 Å². The first-order valence-electron chi connectivity index (χ1n) is 3.37. The molecule has 0 fully saturated rings. The van der Waals surface area contributed by atoms with Gasteiger partial charge >= 0.3 is 6.18 Å². The van der Waals surface area contributed by atoms with E-state index in [-0.39, 0.29) is 5.75 Å². The fourth-order valence-electron chi connectivity index (χ4n) is 0.791. The molecule has 0 saturated heterocycles. The number of hydrogen-bond donors (Lipinski definition) is 1. The molecule has 1 aromatic rings. The van der Waals surface area contributed by atoms with E-state index in [2.05, 4.69) is 4.74 Å². The fraction of sp³-hybridized carbons (Fsp3) is 0.125. The molecule has 13 heavy (non-hydrogen) atoms. The molecule has 1 N–H and O–H groups in total. The zero-order valence-corrected chi connectivity index (χ0v) is 6.43. The van der Waals surface area contributed by atoms with E-state index in [4.69, 9.17) is 5.41 Å². The van der Waals surface area contributed by atoms with E-state index in [9.17, 15) is 13.2 Å². The summed E-state index contributed by atoms with van der Waals surface area (Å²) in [6.07, 6.45) is -3.67. The SMILES string of the molecule is N=COc1ccc(C(F)(F)F)cc1. The van der Waals surface area contributed by atoms with E-state index < -0.39 is 11.7 Å². The Labute approximate surface area is 72.5 Å². The van der Waals surface area contributed by atoms with E-state index >= 15 is 0 Å². The largest absolute Gasteiger partial charge is 0.446 e. The molecular weight excluding hydrogens is 183 g/mol. The van der Waals surface area contributed by atoms with Crippen LogP contribution in [0.5, 0.6) is 5.75 Å². The van der Waals surface area contributed by atoms with Crippen molar-refractivity contribution in [3.05, 3.63) is 29.8 Å². The summed E-state index contributed by atoms with van der Waals surface area (Å²) in [6.45, 7) is 0. The highest BCUT2D eigenvalue weighted by Crippen LogP contribution is 2.30. The molecular formula is C8H6F3NO. The molecule has 0 aliphatic rings. The Morgan fingerprint density at radius 2 is 1.69 bits per heavy atom. The normalized spacial score (nSPS) is 11.0. The molecule has 0 atom stereocenters. The molecule has 0 saturated carbocycles. The molecule has 0 bridgehead atoms. The average molecular weight is 189 g/mol. The van der Waals surface area contributed by atoms with E-state index in [1.54, 1.807) is 0 Å². The van der Waals surface area contributed by atoms with Crippen molar-refractivity contribution in [1.82, 2.24) is 0 Å². The number of alkyl halides is 3. The van der Waals surface area contributed by atoms with Crippen molar-refractivity contribution in [2.75, 3.05) is 0 Å². The molecule has 2 nitrogen and oxygen atoms in total. The second-order valence-corrected chi connectivity index (χ2v) is 2.26. The molecule has 0 aliphatic carbocycles. The number of benzene rings is 1. The van der Waals surface area contributed by atoms with Crippen LogP contribution >= 0.6 is 0 Å². The van der Waals surface area contributed by atoms with Crippen LogP contribution in [0.25, 0.3) is 0 Å². The van der Waals surface area contributed by atoms with Gasteiger partial charge in [0.1, 0.15) is 5.75 Å². The minimum Gasteiger partial charge on any atom is -0.446 e. The maximum absolute atomic E-state index is 12.0. The Morgan fingerprint density at radius 1 is 1.15 bits per heavy atom. The van der Waals surface area contributed by atoms with E-state index in [1.807, 2.05) is 0 Å². The Morgan fingerprint density at radius 3 is 2.08 bits per heavy atom. The molecule has 70 valence electrons. The summed E-state index contributed by atoms with van der Waals surface area (Å²) in [6, 6.07) is 4.12. The maximum atomic E-state index is 12.0. The van der Waals surface area contributed by atoms with E-state index in [0.717, 1.165) is 24.3 Å². The van der Waals surface area contributed by atoms with Crippen LogP contribution in [-0.2, 0) is 6.18 Å². The molecule has 0 aliphatic heterocycles. The van der Waals surface area contributed by atoms with Crippen molar-refractivity contribution in [3.63, 3.8) is 0 Å². The van der Waals surface area contributed by atoms with Gasteiger partial charge in [-0.3, -0.25) is 5.41 Å². The van der Waals surface area contributed by atoms with Crippen LogP contribution in [0.1, 0.15) is 5.56 Å². The van der Waals surface area contributed by atoms with Gasteiger partial charge in [-0.05, 0) is 24.3 Å². The van der Waals surface area contributed by atoms with Crippen molar-refractivity contribution in [1.29, 1.82) is 5.41 Å². The summed E-state index contributed by atoms with van der Waals surface area (Å²) < 4.78 is 40.6. The highest BCUT2D eigenvalue weighted by molar-refractivity contribution is 5.48. The third-order valence-corrected chi connectivity index (χ3v) is 1.38. The number of nitrogens with one attached hydrogen (secondary N) is 1. The van der Waals surface area contributed by atoms with Gasteiger partial charge in [-0.25, -0.2) is 0 Å². The molecule has 0 heterocycles. The number of halogens is 3. The first-order valence-corrected chi connectivity index (χ1v) is 3.37. The van der Waals surface area contributed by atoms with Gasteiger partial charge < -0.3 is 4.74 Å². The van der Waals surface area contributed by atoms with Crippen LogP contribution in [0.2, 0.25) is 0 Å². The van der Waals surface area contributed by atoms with Crippen LogP contribution in [0.15, 0.2) is 24.3 Å². The van der Waals surface area contributed by atoms with Crippen molar-refractivity contribution in [2.24, 2.45) is 0 Å². The minimum absolute atomic E-state index is 0.211. The van der Waals surface area contributed by atoms with E-state index in [1.165, 1.54) is 0 Å². The summed E-state index contributed by atoms with van der Waals surface area (Å²) >= 11 is 0. The second kappa shape index (κ2) is 3.47. The number of ether oxygens (including phenoxy) is 1. The second-order valence-electron chi connectivity index (χ2n) is 2.26. The highest BCUT2D eigenvalue weighted by atomic mass is 19.4. The third-order valence-electron chi connectivity index (χ3n) is 1.38. The molecule has 0 unspecified atom stereocenters. The summed E-state index contributed by atoms with van der Waals surface area (Å²) in [7, 11) is 0. The number of rotatable bonds is 2. The summed E-state index contributed by atoms with van der Waals surface area (Å²) in [4.78, 5) is 0. The first kappa shape index (κ1) is 9.57. The fourth-order valence-corrected chi connectivity index (χ4v) is 0.791. The summed E-state index contributed by atoms with van der Waals surface area (Å²) in [5, 5.41) is 6.55. The summed E-state index contributed by atoms with van der Waals surface area (Å²) in [5.74, 6) is 0.211. The predicted octanol–water partition coefficient (Wildman–Crippen LogP) is 2.69. The minimum atomic E-state index is -4.33. The Bertz CT molecular complexity index is 291. The van der Waals surface area contributed by atoms with Gasteiger partial charge in [-0.1, -0.05) is 0 Å². The van der Waals surface area contributed by atoms with Crippen LogP contribution in [-0.4, -0.2) is 6.40 Å². The average Bonchev–Trinajstić information content (AvgIpc) is 2.04. The monoisotopic (exact) mass is 189 g/mol. The zero-order chi connectivity index (χ0) is 9.90. The molecule has 0 amide bonds. The predicted molar refractivity (Wildman–Crippen MR) is 40.9 cm³/mol. The van der Waals surface area contributed by atoms with E-state index in [0.29, 0.717) is 6.40 Å². The molecule has 1 rings (SSSR count). The van der Waals surface area contributed by atoms with Gasteiger partial charge in [0.2, 0.25) is 0 Å². The van der Waals surface area contributed by atoms with Crippen molar-refractivity contribution >= 4 is 6.40 Å². The highest BCUT2D eigenvalue weighted by Gasteiger charge is 2.29. The summed E-state index contributed by atoms with van der Waals surface area (Å²) in [5.41, 5.74) is -0.732. The molecule has 0 radical (unpaired) electrons. The molecule has 1 aromatic carbocycles. The van der Waals surface area contributed by atoms with Crippen LogP contribution < -0.4 is 4.74 Å². The Balaban J connectivity index is 2.87. The van der Waals surface area contributed by atoms with Gasteiger partial charge in [-0.2, -0.15) is 13.2 Å². The Kier molecular flexibility index (Phi) is 2.55. The maximum Gasteiger partial charge on any atom is 0.416 e. The lowest BCUT2D eigenvalue weighted by Gasteiger charge is -2.06. The van der Waals surface area contributed by atoms with Gasteiger partial charge in [0.25, 0.3) is 0 Å². The van der Waals surface area contributed by atoms with Crippen LogP contribution in [0, 0.1) is 5.41 Å². The molecule has 0 spiro atoms. The van der Waals surface area contributed by atoms with Gasteiger partial charge in [-0.15, -0.1) is 0 Å². The first-order chi connectivity index (χ1) is 6.04. The topological polar surface area (TPSA) is 33.1 Å². The standard InChI is InChI=1S/C8H6F3NO/c9-8(10,11)6-1-3-7(4-2-6)13-5-12/h1-5,12H. The lowest BCUT2D eigenvalue weighted by Crippen LogP contribution is -2.04. The van der Waals surface area contributed by atoms with Crippen molar-refractivity contribution in [2.45, 2.75) is 6.18 Å². The lowest BCUT2D eigenvalue weighted by atomic mass is 10.2. The zero-order valence-electron chi connectivity index (χ0n) is 6.43. The molecule has 5 heteroatoms.